The van der Waals surface area contributed by atoms with E-state index in [4.69, 9.17) is 0 Å². The molecule has 0 saturated heterocycles. The summed E-state index contributed by atoms with van der Waals surface area (Å²) in [7, 11) is 0. The quantitative estimate of drug-likeness (QED) is 0.652. The first-order valence-electron chi connectivity index (χ1n) is 6.84. The van der Waals surface area contributed by atoms with Crippen LogP contribution in [0, 0.1) is 0 Å². The Labute approximate surface area is 111 Å². The van der Waals surface area contributed by atoms with Crippen molar-refractivity contribution in [1.82, 2.24) is 9.80 Å². The summed E-state index contributed by atoms with van der Waals surface area (Å²) in [6, 6.07) is 0. The van der Waals surface area contributed by atoms with E-state index in [0.717, 1.165) is 0 Å². The Morgan fingerprint density at radius 1 is 0.833 bits per heavy atom. The SMILES string of the molecule is CC/C(=C/C(=O)N(CC)CC)C(=O)N(CC)CC. The topological polar surface area (TPSA) is 40.6 Å². The van der Waals surface area contributed by atoms with Crippen LogP contribution in [-0.2, 0) is 9.59 Å². The molecule has 0 heterocycles. The maximum Gasteiger partial charge on any atom is 0.249 e. The van der Waals surface area contributed by atoms with E-state index in [1.54, 1.807) is 9.80 Å². The minimum Gasteiger partial charge on any atom is -0.340 e. The molecule has 0 rings (SSSR count). The van der Waals surface area contributed by atoms with Crippen molar-refractivity contribution in [3.05, 3.63) is 11.6 Å². The Morgan fingerprint density at radius 3 is 1.61 bits per heavy atom. The van der Waals surface area contributed by atoms with Gasteiger partial charge in [0.25, 0.3) is 0 Å². The van der Waals surface area contributed by atoms with Gasteiger partial charge in [-0.3, -0.25) is 9.59 Å². The predicted octanol–water partition coefficient (Wildman–Crippen LogP) is 2.06. The molecule has 0 radical (unpaired) electrons. The Kier molecular flexibility index (Phi) is 8.08. The second-order valence-electron chi connectivity index (χ2n) is 4.01. The van der Waals surface area contributed by atoms with Crippen LogP contribution in [0.3, 0.4) is 0 Å². The monoisotopic (exact) mass is 254 g/mol. The molecule has 4 nitrogen and oxygen atoms in total. The second kappa shape index (κ2) is 8.72. The van der Waals surface area contributed by atoms with Crippen LogP contribution >= 0.6 is 0 Å². The van der Waals surface area contributed by atoms with Gasteiger partial charge in [0.15, 0.2) is 0 Å². The normalized spacial score (nSPS) is 11.3. The summed E-state index contributed by atoms with van der Waals surface area (Å²) in [6.45, 7) is 12.4. The van der Waals surface area contributed by atoms with E-state index in [0.29, 0.717) is 38.2 Å². The van der Waals surface area contributed by atoms with Gasteiger partial charge in [0.2, 0.25) is 11.8 Å². The molecule has 0 spiro atoms. The van der Waals surface area contributed by atoms with Crippen molar-refractivity contribution < 1.29 is 9.59 Å². The van der Waals surface area contributed by atoms with Crippen LogP contribution < -0.4 is 0 Å². The van der Waals surface area contributed by atoms with Crippen LogP contribution in [0.25, 0.3) is 0 Å². The minimum absolute atomic E-state index is 0.0250. The van der Waals surface area contributed by atoms with Crippen LogP contribution in [0.1, 0.15) is 41.0 Å². The fourth-order valence-corrected chi connectivity index (χ4v) is 1.80. The van der Waals surface area contributed by atoms with Gasteiger partial charge in [0.1, 0.15) is 0 Å². The zero-order valence-corrected chi connectivity index (χ0v) is 12.3. The largest absolute Gasteiger partial charge is 0.340 e. The number of carbonyl (C=O) groups is 2. The van der Waals surface area contributed by atoms with Crippen LogP contribution in [0.4, 0.5) is 0 Å². The third-order valence-electron chi connectivity index (χ3n) is 3.08. The molecule has 0 N–H and O–H groups in total. The lowest BCUT2D eigenvalue weighted by Crippen LogP contribution is -2.33. The van der Waals surface area contributed by atoms with Crippen molar-refractivity contribution in [2.24, 2.45) is 0 Å². The van der Waals surface area contributed by atoms with Crippen LogP contribution in [0.2, 0.25) is 0 Å². The lowest BCUT2D eigenvalue weighted by molar-refractivity contribution is -0.129. The average molecular weight is 254 g/mol. The number of nitrogens with zero attached hydrogens (tertiary/aromatic N) is 2. The van der Waals surface area contributed by atoms with E-state index in [9.17, 15) is 9.59 Å². The summed E-state index contributed by atoms with van der Waals surface area (Å²) in [5.41, 5.74) is 0.593. The molecule has 0 fully saturated rings. The fraction of sp³-hybridized carbons (Fsp3) is 0.714. The van der Waals surface area contributed by atoms with Crippen LogP contribution in [-0.4, -0.2) is 47.8 Å². The summed E-state index contributed by atoms with van der Waals surface area (Å²) in [5, 5.41) is 0. The third-order valence-corrected chi connectivity index (χ3v) is 3.08. The summed E-state index contributed by atoms with van der Waals surface area (Å²) in [5.74, 6) is -0.0969. The highest BCUT2D eigenvalue weighted by atomic mass is 16.2. The summed E-state index contributed by atoms with van der Waals surface area (Å²) >= 11 is 0. The number of rotatable bonds is 7. The molecule has 0 atom stereocenters. The second-order valence-corrected chi connectivity index (χ2v) is 4.01. The highest BCUT2D eigenvalue weighted by molar-refractivity contribution is 6.00. The summed E-state index contributed by atoms with van der Waals surface area (Å²) in [4.78, 5) is 27.6. The minimum atomic E-state index is -0.0719. The van der Waals surface area contributed by atoms with E-state index < -0.39 is 0 Å². The van der Waals surface area contributed by atoms with Crippen LogP contribution in [0.5, 0.6) is 0 Å². The molecule has 0 aliphatic carbocycles. The van der Waals surface area contributed by atoms with Gasteiger partial charge in [0, 0.05) is 37.8 Å². The first-order chi connectivity index (χ1) is 8.55. The van der Waals surface area contributed by atoms with Gasteiger partial charge in [-0.2, -0.15) is 0 Å². The van der Waals surface area contributed by atoms with Gasteiger partial charge in [-0.25, -0.2) is 0 Å². The Morgan fingerprint density at radius 2 is 1.28 bits per heavy atom. The maximum atomic E-state index is 12.2. The molecule has 0 aliphatic heterocycles. The first-order valence-corrected chi connectivity index (χ1v) is 6.84. The van der Waals surface area contributed by atoms with E-state index in [1.807, 2.05) is 34.6 Å². The van der Waals surface area contributed by atoms with E-state index >= 15 is 0 Å². The molecule has 2 amide bonds. The molecule has 18 heavy (non-hydrogen) atoms. The van der Waals surface area contributed by atoms with Gasteiger partial charge >= 0.3 is 0 Å². The third kappa shape index (κ3) is 4.51. The Balaban J connectivity index is 4.96. The fourth-order valence-electron chi connectivity index (χ4n) is 1.80. The number of amides is 2. The van der Waals surface area contributed by atoms with Crippen LogP contribution in [0.15, 0.2) is 11.6 Å². The molecule has 0 unspecified atom stereocenters. The van der Waals surface area contributed by atoms with Gasteiger partial charge in [-0.15, -0.1) is 0 Å². The predicted molar refractivity (Wildman–Crippen MR) is 74.2 cm³/mol. The molecular formula is C14H26N2O2. The Hall–Kier alpha value is -1.32. The Bertz CT molecular complexity index is 303. The number of carbonyl (C=O) groups excluding carboxylic acids is 2. The molecule has 0 aromatic heterocycles. The van der Waals surface area contributed by atoms with Gasteiger partial charge < -0.3 is 9.80 Å². The molecule has 104 valence electrons. The van der Waals surface area contributed by atoms with Gasteiger partial charge in [0.05, 0.1) is 0 Å². The lowest BCUT2D eigenvalue weighted by Gasteiger charge is -2.21. The van der Waals surface area contributed by atoms with E-state index in [-0.39, 0.29) is 11.8 Å². The van der Waals surface area contributed by atoms with Crippen molar-refractivity contribution in [3.63, 3.8) is 0 Å². The molecule has 0 aromatic rings. The van der Waals surface area contributed by atoms with E-state index in [2.05, 4.69) is 0 Å². The lowest BCUT2D eigenvalue weighted by atomic mass is 10.1. The standard InChI is InChI=1S/C14H26N2O2/c1-6-12(14(18)16(9-4)10-5)11-13(17)15(7-2)8-3/h11H,6-10H2,1-5H3/b12-11-. The van der Waals surface area contributed by atoms with Gasteiger partial charge in [-0.05, 0) is 34.1 Å². The summed E-state index contributed by atoms with van der Waals surface area (Å²) in [6.07, 6.45) is 2.08. The smallest absolute Gasteiger partial charge is 0.249 e. The molecule has 0 saturated carbocycles. The highest BCUT2D eigenvalue weighted by Crippen LogP contribution is 2.08. The van der Waals surface area contributed by atoms with Crippen molar-refractivity contribution in [2.45, 2.75) is 41.0 Å². The van der Waals surface area contributed by atoms with Crippen molar-refractivity contribution >= 4 is 11.8 Å². The summed E-state index contributed by atoms with van der Waals surface area (Å²) < 4.78 is 0. The molecule has 4 heteroatoms. The highest BCUT2D eigenvalue weighted by Gasteiger charge is 2.16. The van der Waals surface area contributed by atoms with Crippen molar-refractivity contribution in [2.75, 3.05) is 26.2 Å². The molecule has 0 bridgehead atoms. The van der Waals surface area contributed by atoms with E-state index in [1.165, 1.54) is 6.08 Å². The zero-order valence-electron chi connectivity index (χ0n) is 12.3. The van der Waals surface area contributed by atoms with Gasteiger partial charge in [-0.1, -0.05) is 6.92 Å². The molecule has 0 aliphatic rings. The molecule has 0 aromatic carbocycles. The average Bonchev–Trinajstić information content (AvgIpc) is 2.38. The number of hydrogen-bond donors (Lipinski definition) is 0. The van der Waals surface area contributed by atoms with Crippen molar-refractivity contribution in [3.8, 4) is 0 Å². The maximum absolute atomic E-state index is 12.2. The number of hydrogen-bond acceptors (Lipinski definition) is 2. The zero-order chi connectivity index (χ0) is 14.1. The number of likely N-dealkylation sites (N-methyl/N-ethyl adjacent to an activating group) is 2. The van der Waals surface area contributed by atoms with Crippen molar-refractivity contribution in [1.29, 1.82) is 0 Å². The first kappa shape index (κ1) is 16.7. The molecular weight excluding hydrogens is 228 g/mol.